The molecule has 0 aliphatic heterocycles. The SMILES string of the molecule is CCCC[Si](C)(Cl)CCl. The Hall–Kier alpha value is 0.797. The number of unbranched alkanes of at least 4 members (excludes halogenated alkanes) is 1. The topological polar surface area (TPSA) is 0 Å². The van der Waals surface area contributed by atoms with E-state index in [-0.39, 0.29) is 0 Å². The minimum atomic E-state index is -1.46. The fraction of sp³-hybridized carbons (Fsp3) is 1.00. The van der Waals surface area contributed by atoms with Crippen LogP contribution in [0.3, 0.4) is 0 Å². The largest absolute Gasteiger partial charge is 0.167 e. The molecule has 0 aliphatic carbocycles. The standard InChI is InChI=1S/C6H14Cl2Si/c1-3-4-5-9(2,8)6-7/h3-6H2,1-2H3. The first-order valence-corrected chi connectivity index (χ1v) is 7.83. The average molecular weight is 185 g/mol. The van der Waals surface area contributed by atoms with Crippen molar-refractivity contribution >= 4 is 30.1 Å². The molecule has 0 N–H and O–H groups in total. The predicted molar refractivity (Wildman–Crippen MR) is 47.9 cm³/mol. The van der Waals surface area contributed by atoms with Gasteiger partial charge in [0.2, 0.25) is 0 Å². The van der Waals surface area contributed by atoms with Crippen molar-refractivity contribution in [2.75, 3.05) is 5.50 Å². The monoisotopic (exact) mass is 184 g/mol. The fourth-order valence-electron chi connectivity index (χ4n) is 0.612. The Morgan fingerprint density at radius 2 is 2.00 bits per heavy atom. The molecule has 0 nitrogen and oxygen atoms in total. The molecule has 0 rings (SSSR count). The summed E-state index contributed by atoms with van der Waals surface area (Å²) < 4.78 is 0. The Bertz CT molecular complexity index is 73.5. The zero-order valence-corrected chi connectivity index (χ0v) is 8.60. The lowest BCUT2D eigenvalue weighted by Gasteiger charge is -2.13. The summed E-state index contributed by atoms with van der Waals surface area (Å²) in [6, 6.07) is 1.16. The molecular weight excluding hydrogens is 171 g/mol. The summed E-state index contributed by atoms with van der Waals surface area (Å²) in [5.41, 5.74) is 0.689. The van der Waals surface area contributed by atoms with Gasteiger partial charge in [-0.3, -0.25) is 0 Å². The normalized spacial score (nSPS) is 17.3. The lowest BCUT2D eigenvalue weighted by atomic mass is 10.4. The summed E-state index contributed by atoms with van der Waals surface area (Å²) in [6.45, 7) is 4.30. The van der Waals surface area contributed by atoms with Gasteiger partial charge in [0, 0.05) is 5.50 Å². The van der Waals surface area contributed by atoms with Crippen molar-refractivity contribution in [3.8, 4) is 0 Å². The molecule has 0 fully saturated rings. The minimum absolute atomic E-state index is 0.689. The van der Waals surface area contributed by atoms with Crippen molar-refractivity contribution in [1.82, 2.24) is 0 Å². The molecule has 0 amide bonds. The third-order valence-electron chi connectivity index (χ3n) is 1.33. The third-order valence-corrected chi connectivity index (χ3v) is 6.43. The molecule has 9 heavy (non-hydrogen) atoms. The Kier molecular flexibility index (Phi) is 4.99. The van der Waals surface area contributed by atoms with Gasteiger partial charge in [-0.25, -0.2) is 0 Å². The lowest BCUT2D eigenvalue weighted by molar-refractivity contribution is 0.872. The van der Waals surface area contributed by atoms with E-state index in [4.69, 9.17) is 22.7 Å². The van der Waals surface area contributed by atoms with E-state index in [0.717, 1.165) is 6.04 Å². The van der Waals surface area contributed by atoms with Crippen LogP contribution in [0.5, 0.6) is 0 Å². The first kappa shape index (κ1) is 9.80. The van der Waals surface area contributed by atoms with Crippen molar-refractivity contribution in [3.05, 3.63) is 0 Å². The smallest absolute Gasteiger partial charge is 0.166 e. The van der Waals surface area contributed by atoms with Crippen LogP contribution in [0, 0.1) is 0 Å². The fourth-order valence-corrected chi connectivity index (χ4v) is 2.64. The van der Waals surface area contributed by atoms with Gasteiger partial charge in [0.1, 0.15) is 0 Å². The van der Waals surface area contributed by atoms with Gasteiger partial charge >= 0.3 is 0 Å². The van der Waals surface area contributed by atoms with Crippen LogP contribution in [-0.4, -0.2) is 12.9 Å². The maximum atomic E-state index is 6.11. The van der Waals surface area contributed by atoms with Crippen LogP contribution in [0.2, 0.25) is 12.6 Å². The number of alkyl halides is 1. The maximum absolute atomic E-state index is 6.11. The summed E-state index contributed by atoms with van der Waals surface area (Å²) in [4.78, 5) is 0. The van der Waals surface area contributed by atoms with E-state index in [1.54, 1.807) is 0 Å². The van der Waals surface area contributed by atoms with Crippen LogP contribution in [0.25, 0.3) is 0 Å². The van der Waals surface area contributed by atoms with E-state index >= 15 is 0 Å². The summed E-state index contributed by atoms with van der Waals surface area (Å²) in [6.07, 6.45) is 2.46. The van der Waals surface area contributed by atoms with Crippen LogP contribution in [0.15, 0.2) is 0 Å². The number of hydrogen-bond acceptors (Lipinski definition) is 0. The van der Waals surface area contributed by atoms with Gasteiger partial charge < -0.3 is 0 Å². The molecule has 0 bridgehead atoms. The van der Waals surface area contributed by atoms with Crippen molar-refractivity contribution in [2.24, 2.45) is 0 Å². The zero-order chi connectivity index (χ0) is 7.33. The lowest BCUT2D eigenvalue weighted by Crippen LogP contribution is -2.24. The Balaban J connectivity index is 3.33. The molecule has 0 aromatic carbocycles. The molecule has 56 valence electrons. The Labute approximate surface area is 68.3 Å². The minimum Gasteiger partial charge on any atom is -0.166 e. The first-order valence-electron chi connectivity index (χ1n) is 3.37. The molecular formula is C6H14Cl2Si. The van der Waals surface area contributed by atoms with E-state index in [9.17, 15) is 0 Å². The zero-order valence-electron chi connectivity index (χ0n) is 6.08. The van der Waals surface area contributed by atoms with Crippen molar-refractivity contribution in [3.63, 3.8) is 0 Å². The van der Waals surface area contributed by atoms with Gasteiger partial charge in [0.25, 0.3) is 0 Å². The van der Waals surface area contributed by atoms with Gasteiger partial charge in [-0.2, -0.15) is 11.1 Å². The summed E-state index contributed by atoms with van der Waals surface area (Å²) >= 11 is 11.8. The van der Waals surface area contributed by atoms with Crippen molar-refractivity contribution < 1.29 is 0 Å². The molecule has 1 atom stereocenters. The van der Waals surface area contributed by atoms with E-state index in [1.807, 2.05) is 0 Å². The molecule has 0 aliphatic rings. The Morgan fingerprint density at radius 3 is 2.33 bits per heavy atom. The van der Waals surface area contributed by atoms with Crippen molar-refractivity contribution in [1.29, 1.82) is 0 Å². The molecule has 0 aromatic rings. The highest BCUT2D eigenvalue weighted by Gasteiger charge is 2.21. The van der Waals surface area contributed by atoms with Crippen LogP contribution < -0.4 is 0 Å². The van der Waals surface area contributed by atoms with Gasteiger partial charge in [0.05, 0.1) is 0 Å². The van der Waals surface area contributed by atoms with E-state index in [1.165, 1.54) is 12.8 Å². The molecule has 0 saturated heterocycles. The summed E-state index contributed by atoms with van der Waals surface area (Å²) in [5.74, 6) is 0. The second-order valence-corrected chi connectivity index (χ2v) is 9.78. The maximum Gasteiger partial charge on any atom is 0.167 e. The summed E-state index contributed by atoms with van der Waals surface area (Å²) in [7, 11) is -1.46. The van der Waals surface area contributed by atoms with Gasteiger partial charge in [-0.1, -0.05) is 26.3 Å². The highest BCUT2D eigenvalue weighted by Crippen LogP contribution is 2.19. The first-order chi connectivity index (χ1) is 4.12. The molecule has 1 unspecified atom stereocenters. The molecule has 0 radical (unpaired) electrons. The number of hydrogen-bond donors (Lipinski definition) is 0. The second-order valence-electron chi connectivity index (χ2n) is 2.65. The van der Waals surface area contributed by atoms with Gasteiger partial charge in [0.15, 0.2) is 7.38 Å². The Morgan fingerprint density at radius 1 is 1.44 bits per heavy atom. The van der Waals surface area contributed by atoms with Crippen LogP contribution >= 0.6 is 22.7 Å². The van der Waals surface area contributed by atoms with Crippen LogP contribution in [0.1, 0.15) is 19.8 Å². The van der Waals surface area contributed by atoms with E-state index in [2.05, 4.69) is 13.5 Å². The number of halogens is 2. The van der Waals surface area contributed by atoms with Gasteiger partial charge in [-0.15, -0.1) is 11.6 Å². The predicted octanol–water partition coefficient (Wildman–Crippen LogP) is 3.38. The van der Waals surface area contributed by atoms with E-state index in [0.29, 0.717) is 5.50 Å². The van der Waals surface area contributed by atoms with Gasteiger partial charge in [-0.05, 0) is 6.04 Å². The number of rotatable bonds is 4. The molecule has 0 spiro atoms. The average Bonchev–Trinajstić information content (AvgIpc) is 1.84. The molecule has 3 heteroatoms. The molecule has 0 heterocycles. The second kappa shape index (κ2) is 4.59. The molecule has 0 saturated carbocycles. The third kappa shape index (κ3) is 5.25. The van der Waals surface area contributed by atoms with Crippen LogP contribution in [-0.2, 0) is 0 Å². The summed E-state index contributed by atoms with van der Waals surface area (Å²) in [5, 5.41) is 0. The van der Waals surface area contributed by atoms with Crippen molar-refractivity contribution in [2.45, 2.75) is 32.4 Å². The van der Waals surface area contributed by atoms with E-state index < -0.39 is 7.38 Å². The highest BCUT2D eigenvalue weighted by molar-refractivity contribution is 7.21. The highest BCUT2D eigenvalue weighted by atomic mass is 35.6. The quantitative estimate of drug-likeness (QED) is 0.358. The van der Waals surface area contributed by atoms with Crippen LogP contribution in [0.4, 0.5) is 0 Å². The molecule has 0 aromatic heterocycles.